The molecule has 0 spiro atoms. The van der Waals surface area contributed by atoms with Crippen LogP contribution in [0, 0.1) is 0 Å². The summed E-state index contributed by atoms with van der Waals surface area (Å²) < 4.78 is 66.1. The van der Waals surface area contributed by atoms with Crippen LogP contribution in [0.2, 0.25) is 0 Å². The molecule has 13 heteroatoms. The van der Waals surface area contributed by atoms with Crippen LogP contribution in [0.4, 0.5) is 0 Å². The van der Waals surface area contributed by atoms with E-state index < -0.39 is 0 Å². The fourth-order valence-corrected chi connectivity index (χ4v) is 4.35. The molecule has 0 rings (SSSR count). The largest absolute Gasteiger partial charge is 0.379 e. The van der Waals surface area contributed by atoms with Crippen molar-refractivity contribution in [2.24, 2.45) is 0 Å². The predicted molar refractivity (Wildman–Crippen MR) is 192 cm³/mol. The highest BCUT2D eigenvalue weighted by Crippen LogP contribution is 2.05. The second kappa shape index (κ2) is 47.8. The maximum absolute atomic E-state index is 5.66. The molecule has 0 aliphatic rings. The smallest absolute Gasteiger partial charge is 0.0701 e. The minimum atomic E-state index is 0.518. The first-order chi connectivity index (χ1) is 24.4. The van der Waals surface area contributed by atoms with Crippen LogP contribution in [-0.2, 0) is 56.8 Å². The second-order valence-corrected chi connectivity index (χ2v) is 11.6. The Morgan fingerprint density at radius 1 is 0.224 bits per heavy atom. The van der Waals surface area contributed by atoms with Gasteiger partial charge in [-0.2, -0.15) is 0 Å². The topological polar surface area (TPSA) is 111 Å². The average Bonchev–Trinajstić information content (AvgIpc) is 3.11. The molecule has 0 fully saturated rings. The van der Waals surface area contributed by atoms with Gasteiger partial charge in [0.25, 0.3) is 0 Å². The van der Waals surface area contributed by atoms with E-state index in [1.165, 1.54) is 44.9 Å². The fraction of sp³-hybridized carbons (Fsp3) is 1.00. The van der Waals surface area contributed by atoms with Crippen LogP contribution >= 0.6 is 11.6 Å². The maximum Gasteiger partial charge on any atom is 0.0701 e. The molecule has 0 atom stereocenters. The van der Waals surface area contributed by atoms with Crippen molar-refractivity contribution in [3.8, 4) is 0 Å². The number of rotatable bonds is 46. The molecule has 0 amide bonds. The number of alkyl halides is 1. The SMILES string of the molecule is CCCCCCCCOCCOCCOCCOCCOCCOCCOCCOCCOCCOCCOCCOCCCCCCCl. The van der Waals surface area contributed by atoms with Gasteiger partial charge in [0.15, 0.2) is 0 Å². The highest BCUT2D eigenvalue weighted by Gasteiger charge is 1.97. The molecule has 0 aliphatic heterocycles. The van der Waals surface area contributed by atoms with Gasteiger partial charge in [0.05, 0.1) is 145 Å². The van der Waals surface area contributed by atoms with Crippen LogP contribution < -0.4 is 0 Å². The van der Waals surface area contributed by atoms with Crippen molar-refractivity contribution in [2.75, 3.05) is 164 Å². The minimum absolute atomic E-state index is 0.518. The van der Waals surface area contributed by atoms with E-state index >= 15 is 0 Å². The molecule has 0 heterocycles. The molecule has 0 aromatic rings. The third-order valence-corrected chi connectivity index (χ3v) is 7.17. The molecule has 0 radical (unpaired) electrons. The van der Waals surface area contributed by atoms with Crippen molar-refractivity contribution < 1.29 is 56.8 Å². The van der Waals surface area contributed by atoms with E-state index in [9.17, 15) is 0 Å². The highest BCUT2D eigenvalue weighted by atomic mass is 35.5. The summed E-state index contributed by atoms with van der Waals surface area (Å²) in [5.41, 5.74) is 0. The van der Waals surface area contributed by atoms with Crippen LogP contribution in [0.25, 0.3) is 0 Å². The number of hydrogen-bond acceptors (Lipinski definition) is 12. The van der Waals surface area contributed by atoms with Gasteiger partial charge in [-0.25, -0.2) is 0 Å². The summed E-state index contributed by atoms with van der Waals surface area (Å²) in [5, 5.41) is 0. The molecular formula is C36H73ClO12. The Morgan fingerprint density at radius 3 is 0.633 bits per heavy atom. The molecular weight excluding hydrogens is 660 g/mol. The van der Waals surface area contributed by atoms with Crippen molar-refractivity contribution in [1.29, 1.82) is 0 Å². The summed E-state index contributed by atoms with van der Waals surface area (Å²) in [6.07, 6.45) is 12.2. The second-order valence-electron chi connectivity index (χ2n) is 11.2. The molecule has 12 nitrogen and oxygen atoms in total. The van der Waals surface area contributed by atoms with Gasteiger partial charge < -0.3 is 56.8 Å². The lowest BCUT2D eigenvalue weighted by Gasteiger charge is -2.09. The molecule has 0 aliphatic carbocycles. The van der Waals surface area contributed by atoms with E-state index in [1.54, 1.807) is 0 Å². The first-order valence-corrected chi connectivity index (χ1v) is 19.4. The molecule has 0 saturated carbocycles. The van der Waals surface area contributed by atoms with Crippen molar-refractivity contribution in [1.82, 2.24) is 0 Å². The van der Waals surface area contributed by atoms with E-state index in [1.807, 2.05) is 0 Å². The lowest BCUT2D eigenvalue weighted by Crippen LogP contribution is -2.15. The zero-order chi connectivity index (χ0) is 35.2. The Bertz CT molecular complexity index is 522. The van der Waals surface area contributed by atoms with Crippen LogP contribution in [0.1, 0.15) is 71.1 Å². The van der Waals surface area contributed by atoms with E-state index in [4.69, 9.17) is 68.4 Å². The summed E-state index contributed by atoms with van der Waals surface area (Å²) >= 11 is 5.66. The molecule has 0 unspecified atom stereocenters. The zero-order valence-corrected chi connectivity index (χ0v) is 31.8. The van der Waals surface area contributed by atoms with Crippen molar-refractivity contribution in [2.45, 2.75) is 71.1 Å². The fourth-order valence-electron chi connectivity index (χ4n) is 4.16. The average molecular weight is 733 g/mol. The van der Waals surface area contributed by atoms with Crippen LogP contribution in [-0.4, -0.2) is 164 Å². The Labute approximate surface area is 303 Å². The first-order valence-electron chi connectivity index (χ1n) is 18.9. The van der Waals surface area contributed by atoms with Gasteiger partial charge in [-0.05, 0) is 19.3 Å². The number of hydrogen-bond donors (Lipinski definition) is 0. The molecule has 296 valence electrons. The normalized spacial score (nSPS) is 11.6. The van der Waals surface area contributed by atoms with E-state index in [0.29, 0.717) is 145 Å². The molecule has 0 bridgehead atoms. The van der Waals surface area contributed by atoms with Gasteiger partial charge in [0.2, 0.25) is 0 Å². The van der Waals surface area contributed by atoms with E-state index in [0.717, 1.165) is 38.4 Å². The molecule has 0 aromatic heterocycles. The van der Waals surface area contributed by atoms with E-state index in [-0.39, 0.29) is 0 Å². The van der Waals surface area contributed by atoms with Crippen molar-refractivity contribution >= 4 is 11.6 Å². The lowest BCUT2D eigenvalue weighted by atomic mass is 10.1. The Balaban J connectivity index is 3.04. The van der Waals surface area contributed by atoms with Crippen LogP contribution in [0.5, 0.6) is 0 Å². The van der Waals surface area contributed by atoms with E-state index in [2.05, 4.69) is 6.92 Å². The van der Waals surface area contributed by atoms with Crippen LogP contribution in [0.15, 0.2) is 0 Å². The highest BCUT2D eigenvalue weighted by molar-refractivity contribution is 6.17. The molecule has 49 heavy (non-hydrogen) atoms. The molecule has 0 aromatic carbocycles. The Kier molecular flexibility index (Phi) is 47.6. The van der Waals surface area contributed by atoms with Crippen molar-refractivity contribution in [3.05, 3.63) is 0 Å². The third-order valence-electron chi connectivity index (χ3n) is 6.91. The van der Waals surface area contributed by atoms with Gasteiger partial charge in [0, 0.05) is 19.1 Å². The first kappa shape index (κ1) is 48.8. The van der Waals surface area contributed by atoms with Gasteiger partial charge >= 0.3 is 0 Å². The minimum Gasteiger partial charge on any atom is -0.379 e. The van der Waals surface area contributed by atoms with Crippen LogP contribution in [0.3, 0.4) is 0 Å². The summed E-state index contributed by atoms with van der Waals surface area (Å²) in [4.78, 5) is 0. The quantitative estimate of drug-likeness (QED) is 0.0595. The monoisotopic (exact) mass is 732 g/mol. The Morgan fingerprint density at radius 2 is 0.408 bits per heavy atom. The van der Waals surface area contributed by atoms with Gasteiger partial charge in [-0.3, -0.25) is 0 Å². The standard InChI is InChI=1S/C36H73ClO12/c1-2-3-4-5-7-10-13-38-15-17-40-19-21-42-23-25-44-27-29-46-31-33-48-35-36-49-34-32-47-30-28-45-26-24-43-22-20-41-18-16-39-14-11-8-6-9-12-37/h2-36H2,1H3. The number of unbranched alkanes of at least 4 members (excludes halogenated alkanes) is 8. The van der Waals surface area contributed by atoms with Gasteiger partial charge in [-0.15, -0.1) is 11.6 Å². The molecule has 0 N–H and O–H groups in total. The summed E-state index contributed by atoms with van der Waals surface area (Å²) in [6.45, 7) is 15.9. The summed E-state index contributed by atoms with van der Waals surface area (Å²) in [5.74, 6) is 0.745. The zero-order valence-electron chi connectivity index (χ0n) is 31.0. The number of ether oxygens (including phenoxy) is 12. The number of halogens is 1. The molecule has 0 saturated heterocycles. The van der Waals surface area contributed by atoms with Gasteiger partial charge in [0.1, 0.15) is 0 Å². The summed E-state index contributed by atoms with van der Waals surface area (Å²) in [6, 6.07) is 0. The summed E-state index contributed by atoms with van der Waals surface area (Å²) in [7, 11) is 0. The van der Waals surface area contributed by atoms with Gasteiger partial charge in [-0.1, -0.05) is 51.9 Å². The lowest BCUT2D eigenvalue weighted by molar-refractivity contribution is -0.0284. The maximum atomic E-state index is 5.66. The van der Waals surface area contributed by atoms with Crippen molar-refractivity contribution in [3.63, 3.8) is 0 Å². The Hall–Kier alpha value is -0.190. The predicted octanol–water partition coefficient (Wildman–Crippen LogP) is 5.35. The third kappa shape index (κ3) is 47.8.